The van der Waals surface area contributed by atoms with Gasteiger partial charge in [0.05, 0.1) is 12.3 Å². The number of carbonyl (C=O) groups excluding carboxylic acids is 1. The lowest BCUT2D eigenvalue weighted by Crippen LogP contribution is -2.40. The minimum atomic E-state index is -0.419. The molecule has 1 unspecified atom stereocenters. The average molecular weight is 260 g/mol. The molecule has 1 amide bonds. The summed E-state index contributed by atoms with van der Waals surface area (Å²) in [7, 11) is 0. The minimum absolute atomic E-state index is 0.0596. The van der Waals surface area contributed by atoms with Crippen LogP contribution in [-0.4, -0.2) is 23.8 Å². The predicted molar refractivity (Wildman–Crippen MR) is 75.5 cm³/mol. The Kier molecular flexibility index (Phi) is 3.60. The molecule has 19 heavy (non-hydrogen) atoms. The SMILES string of the molecule is CC1=NOC(C)(CNC(=O)c2cc(C)ccc2C)C1. The minimum Gasteiger partial charge on any atom is -0.387 e. The number of nitrogens with one attached hydrogen (secondary N) is 1. The average Bonchev–Trinajstić information content (AvgIpc) is 2.70. The predicted octanol–water partition coefficient (Wildman–Crippen LogP) is 2.59. The van der Waals surface area contributed by atoms with E-state index in [2.05, 4.69) is 10.5 Å². The van der Waals surface area contributed by atoms with Crippen molar-refractivity contribution in [1.29, 1.82) is 0 Å². The van der Waals surface area contributed by atoms with Gasteiger partial charge in [-0.25, -0.2) is 0 Å². The number of aryl methyl sites for hydroxylation is 2. The summed E-state index contributed by atoms with van der Waals surface area (Å²) in [5.74, 6) is -0.0596. The second kappa shape index (κ2) is 5.03. The number of hydrogen-bond acceptors (Lipinski definition) is 3. The summed E-state index contributed by atoms with van der Waals surface area (Å²) in [6, 6.07) is 5.88. The molecule has 0 aliphatic carbocycles. The zero-order valence-electron chi connectivity index (χ0n) is 11.9. The largest absolute Gasteiger partial charge is 0.387 e. The van der Waals surface area contributed by atoms with Crippen LogP contribution in [0.15, 0.2) is 23.4 Å². The topological polar surface area (TPSA) is 50.7 Å². The van der Waals surface area contributed by atoms with Crippen molar-refractivity contribution in [2.45, 2.75) is 39.7 Å². The third kappa shape index (κ3) is 3.13. The highest BCUT2D eigenvalue weighted by molar-refractivity contribution is 5.96. The Morgan fingerprint density at radius 1 is 1.42 bits per heavy atom. The number of oxime groups is 1. The summed E-state index contributed by atoms with van der Waals surface area (Å²) >= 11 is 0. The van der Waals surface area contributed by atoms with Crippen LogP contribution in [0.5, 0.6) is 0 Å². The van der Waals surface area contributed by atoms with Crippen molar-refractivity contribution in [2.24, 2.45) is 5.16 Å². The van der Waals surface area contributed by atoms with E-state index in [9.17, 15) is 4.79 Å². The van der Waals surface area contributed by atoms with E-state index in [0.29, 0.717) is 6.54 Å². The maximum atomic E-state index is 12.2. The van der Waals surface area contributed by atoms with E-state index in [1.165, 1.54) is 0 Å². The number of benzene rings is 1. The van der Waals surface area contributed by atoms with Gasteiger partial charge in [0.2, 0.25) is 0 Å². The normalized spacial score (nSPS) is 21.8. The zero-order chi connectivity index (χ0) is 14.0. The number of hydrogen-bond donors (Lipinski definition) is 1. The first-order valence-electron chi connectivity index (χ1n) is 6.47. The summed E-state index contributed by atoms with van der Waals surface area (Å²) < 4.78 is 0. The summed E-state index contributed by atoms with van der Waals surface area (Å²) in [5.41, 5.74) is 3.33. The van der Waals surface area contributed by atoms with E-state index < -0.39 is 5.60 Å². The lowest BCUT2D eigenvalue weighted by molar-refractivity contribution is -0.00182. The van der Waals surface area contributed by atoms with Crippen LogP contribution >= 0.6 is 0 Å². The van der Waals surface area contributed by atoms with E-state index in [1.807, 2.05) is 45.9 Å². The van der Waals surface area contributed by atoms with Crippen LogP contribution < -0.4 is 5.32 Å². The molecule has 0 bridgehead atoms. The highest BCUT2D eigenvalue weighted by atomic mass is 16.7. The van der Waals surface area contributed by atoms with Crippen molar-refractivity contribution >= 4 is 11.6 Å². The fourth-order valence-electron chi connectivity index (χ4n) is 2.23. The molecule has 0 spiro atoms. The first-order chi connectivity index (χ1) is 8.89. The highest BCUT2D eigenvalue weighted by Crippen LogP contribution is 2.22. The molecule has 0 aromatic heterocycles. The van der Waals surface area contributed by atoms with Gasteiger partial charge in [0.25, 0.3) is 5.91 Å². The van der Waals surface area contributed by atoms with Gasteiger partial charge in [-0.05, 0) is 39.3 Å². The summed E-state index contributed by atoms with van der Waals surface area (Å²) in [6.07, 6.45) is 0.750. The van der Waals surface area contributed by atoms with Gasteiger partial charge in [-0.15, -0.1) is 0 Å². The van der Waals surface area contributed by atoms with Gasteiger partial charge in [0.1, 0.15) is 0 Å². The van der Waals surface area contributed by atoms with Gasteiger partial charge in [-0.1, -0.05) is 22.9 Å². The Balaban J connectivity index is 2.00. The van der Waals surface area contributed by atoms with E-state index in [1.54, 1.807) is 0 Å². The van der Waals surface area contributed by atoms with Crippen molar-refractivity contribution in [3.63, 3.8) is 0 Å². The standard InChI is InChI=1S/C15H20N2O2/c1-10-5-6-11(2)13(7-10)14(18)16-9-15(4)8-12(3)17-19-15/h5-7H,8-9H2,1-4H3,(H,16,18). The lowest BCUT2D eigenvalue weighted by Gasteiger charge is -2.22. The Hall–Kier alpha value is -1.84. The second-order valence-electron chi connectivity index (χ2n) is 5.55. The fraction of sp³-hybridized carbons (Fsp3) is 0.467. The van der Waals surface area contributed by atoms with Crippen LogP contribution in [0.25, 0.3) is 0 Å². The maximum absolute atomic E-state index is 12.2. The van der Waals surface area contributed by atoms with E-state index >= 15 is 0 Å². The van der Waals surface area contributed by atoms with Gasteiger partial charge in [-0.3, -0.25) is 4.79 Å². The van der Waals surface area contributed by atoms with Crippen LogP contribution in [0.3, 0.4) is 0 Å². The maximum Gasteiger partial charge on any atom is 0.251 e. The molecule has 1 aliphatic heterocycles. The zero-order valence-corrected chi connectivity index (χ0v) is 11.9. The van der Waals surface area contributed by atoms with Crippen LogP contribution in [0, 0.1) is 13.8 Å². The van der Waals surface area contributed by atoms with Crippen LogP contribution in [0.2, 0.25) is 0 Å². The van der Waals surface area contributed by atoms with Crippen molar-refractivity contribution in [1.82, 2.24) is 5.32 Å². The fourth-order valence-corrected chi connectivity index (χ4v) is 2.23. The van der Waals surface area contributed by atoms with E-state index in [4.69, 9.17) is 4.84 Å². The molecule has 1 aromatic carbocycles. The van der Waals surface area contributed by atoms with Crippen LogP contribution in [0.1, 0.15) is 41.8 Å². The molecule has 1 atom stereocenters. The molecule has 1 aliphatic rings. The molecule has 1 heterocycles. The molecule has 4 heteroatoms. The Morgan fingerprint density at radius 2 is 2.16 bits per heavy atom. The van der Waals surface area contributed by atoms with Crippen molar-refractivity contribution in [3.05, 3.63) is 34.9 Å². The molecule has 4 nitrogen and oxygen atoms in total. The second-order valence-corrected chi connectivity index (χ2v) is 5.55. The Bertz CT molecular complexity index is 537. The smallest absolute Gasteiger partial charge is 0.251 e. The van der Waals surface area contributed by atoms with Gasteiger partial charge >= 0.3 is 0 Å². The number of amides is 1. The lowest BCUT2D eigenvalue weighted by atomic mass is 10.00. The van der Waals surface area contributed by atoms with Gasteiger partial charge in [0.15, 0.2) is 5.60 Å². The molecule has 2 rings (SSSR count). The first-order valence-corrected chi connectivity index (χ1v) is 6.47. The van der Waals surface area contributed by atoms with Crippen LogP contribution in [0.4, 0.5) is 0 Å². The third-order valence-corrected chi connectivity index (χ3v) is 3.31. The molecule has 102 valence electrons. The molecular weight excluding hydrogens is 240 g/mol. The van der Waals surface area contributed by atoms with Gasteiger partial charge in [0, 0.05) is 12.0 Å². The summed E-state index contributed by atoms with van der Waals surface area (Å²) in [6.45, 7) is 8.26. The van der Waals surface area contributed by atoms with Crippen molar-refractivity contribution in [3.8, 4) is 0 Å². The number of nitrogens with zero attached hydrogens (tertiary/aromatic N) is 1. The summed E-state index contributed by atoms with van der Waals surface area (Å²) in [5, 5.41) is 6.87. The molecular formula is C15H20N2O2. The van der Waals surface area contributed by atoms with E-state index in [-0.39, 0.29) is 5.91 Å². The Morgan fingerprint density at radius 3 is 2.79 bits per heavy atom. The van der Waals surface area contributed by atoms with Crippen molar-refractivity contribution < 1.29 is 9.63 Å². The summed E-state index contributed by atoms with van der Waals surface area (Å²) in [4.78, 5) is 17.6. The first kappa shape index (κ1) is 13.6. The van der Waals surface area contributed by atoms with Gasteiger partial charge in [-0.2, -0.15) is 0 Å². The monoisotopic (exact) mass is 260 g/mol. The molecule has 1 N–H and O–H groups in total. The quantitative estimate of drug-likeness (QED) is 0.908. The molecule has 1 aromatic rings. The molecule has 0 fully saturated rings. The van der Waals surface area contributed by atoms with Gasteiger partial charge < -0.3 is 10.2 Å². The third-order valence-electron chi connectivity index (χ3n) is 3.31. The number of carbonyl (C=O) groups is 1. The van der Waals surface area contributed by atoms with Crippen molar-refractivity contribution in [2.75, 3.05) is 6.54 Å². The van der Waals surface area contributed by atoms with Crippen LogP contribution in [-0.2, 0) is 4.84 Å². The molecule has 0 saturated carbocycles. The molecule has 0 radical (unpaired) electrons. The highest BCUT2D eigenvalue weighted by Gasteiger charge is 2.33. The number of rotatable bonds is 3. The Labute approximate surface area is 113 Å². The molecule has 0 saturated heterocycles. The van der Waals surface area contributed by atoms with E-state index in [0.717, 1.165) is 28.8 Å².